The highest BCUT2D eigenvalue weighted by molar-refractivity contribution is 5.87. The van der Waals surface area contributed by atoms with Gasteiger partial charge in [0.2, 0.25) is 0 Å². The second-order valence-corrected chi connectivity index (χ2v) is 5.48. The number of para-hydroxylation sites is 1. The fourth-order valence-corrected chi connectivity index (χ4v) is 2.77. The molecule has 0 aliphatic carbocycles. The van der Waals surface area contributed by atoms with Gasteiger partial charge in [-0.15, -0.1) is 0 Å². The Morgan fingerprint density at radius 2 is 2.09 bits per heavy atom. The summed E-state index contributed by atoms with van der Waals surface area (Å²) in [7, 11) is 1.86. The molecule has 0 amide bonds. The molecule has 0 bridgehead atoms. The van der Waals surface area contributed by atoms with Crippen LogP contribution < -0.4 is 0 Å². The van der Waals surface area contributed by atoms with Crippen LogP contribution in [0.5, 0.6) is 0 Å². The van der Waals surface area contributed by atoms with E-state index in [1.54, 1.807) is 6.92 Å². The van der Waals surface area contributed by atoms with Gasteiger partial charge >= 0.3 is 11.5 Å². The predicted molar refractivity (Wildman–Crippen MR) is 84.8 cm³/mol. The first kappa shape index (κ1) is 17.0. The molecule has 0 fully saturated rings. The lowest BCUT2D eigenvalue weighted by molar-refractivity contribution is -0.558. The van der Waals surface area contributed by atoms with Crippen molar-refractivity contribution in [1.82, 2.24) is 4.57 Å². The molecule has 1 aromatic carbocycles. The predicted octanol–water partition coefficient (Wildman–Crippen LogP) is 1.60. The molecule has 1 N–H and O–H groups in total. The van der Waals surface area contributed by atoms with Gasteiger partial charge in [0, 0.05) is 28.6 Å². The zero-order chi connectivity index (χ0) is 17.2. The number of nitrogens with zero attached hydrogens (tertiary/aromatic N) is 2. The van der Waals surface area contributed by atoms with Crippen LogP contribution in [0.1, 0.15) is 18.2 Å². The van der Waals surface area contributed by atoms with Gasteiger partial charge in [-0.2, -0.15) is 0 Å². The molecule has 2 rings (SSSR count). The molecular formula is C16H20N2O5. The molecule has 23 heavy (non-hydrogen) atoms. The van der Waals surface area contributed by atoms with E-state index in [1.165, 1.54) is 0 Å². The summed E-state index contributed by atoms with van der Waals surface area (Å²) in [6, 6.07) is 7.47. The molecule has 1 aromatic heterocycles. The van der Waals surface area contributed by atoms with E-state index in [1.807, 2.05) is 42.8 Å². The summed E-state index contributed by atoms with van der Waals surface area (Å²) in [4.78, 5) is 23.0. The Hall–Kier alpha value is -2.41. The van der Waals surface area contributed by atoms with Crippen LogP contribution in [0.4, 0.5) is 0 Å². The fraction of sp³-hybridized carbons (Fsp3) is 0.438. The van der Waals surface area contributed by atoms with E-state index >= 15 is 0 Å². The Morgan fingerprint density at radius 1 is 1.43 bits per heavy atom. The first-order valence-electron chi connectivity index (χ1n) is 7.34. The maximum absolute atomic E-state index is 12.2. The molecule has 7 heteroatoms. The number of aliphatic hydroxyl groups is 1. The molecule has 0 radical (unpaired) electrons. The van der Waals surface area contributed by atoms with Crippen molar-refractivity contribution in [2.75, 3.05) is 13.2 Å². The number of esters is 1. The molecule has 1 unspecified atom stereocenters. The highest BCUT2D eigenvalue weighted by Crippen LogP contribution is 2.30. The van der Waals surface area contributed by atoms with Gasteiger partial charge in [-0.1, -0.05) is 18.2 Å². The van der Waals surface area contributed by atoms with Crippen molar-refractivity contribution in [3.63, 3.8) is 0 Å². The Balaban J connectivity index is 2.59. The molecule has 0 spiro atoms. The summed E-state index contributed by atoms with van der Waals surface area (Å²) in [6.45, 7) is 2.51. The number of nitro groups is 1. The van der Waals surface area contributed by atoms with Crippen molar-refractivity contribution in [2.45, 2.75) is 25.8 Å². The van der Waals surface area contributed by atoms with Crippen molar-refractivity contribution in [2.24, 2.45) is 7.05 Å². The minimum atomic E-state index is -2.19. The van der Waals surface area contributed by atoms with Gasteiger partial charge in [0.05, 0.1) is 13.0 Å². The quantitative estimate of drug-likeness (QED) is 0.495. The molecule has 0 saturated heterocycles. The molecule has 1 atom stereocenters. The smallest absolute Gasteiger partial charge is 0.387 e. The normalized spacial score (nSPS) is 13.7. The van der Waals surface area contributed by atoms with E-state index in [0.717, 1.165) is 16.6 Å². The van der Waals surface area contributed by atoms with Crippen molar-refractivity contribution < 1.29 is 19.6 Å². The van der Waals surface area contributed by atoms with Crippen LogP contribution in [0.25, 0.3) is 10.9 Å². The van der Waals surface area contributed by atoms with Gasteiger partial charge in [-0.25, -0.2) is 4.79 Å². The Labute approximate surface area is 133 Å². The summed E-state index contributed by atoms with van der Waals surface area (Å²) < 4.78 is 6.76. The largest absolute Gasteiger partial charge is 0.461 e. The Kier molecular flexibility index (Phi) is 4.70. The number of ether oxygens (including phenoxy) is 1. The second-order valence-electron chi connectivity index (χ2n) is 5.48. The number of aliphatic hydroxyl groups excluding tert-OH is 1. The number of aryl methyl sites for hydroxylation is 1. The van der Waals surface area contributed by atoms with Crippen LogP contribution in [-0.2, 0) is 23.0 Å². The Bertz CT molecular complexity index is 752. The SMILES string of the molecule is CCOC(=O)C(CO)(Cc1c(C)n(C)c2ccccc12)[N+](=O)[O-]. The number of benzene rings is 1. The molecule has 124 valence electrons. The van der Waals surface area contributed by atoms with Gasteiger partial charge in [0.25, 0.3) is 0 Å². The maximum Gasteiger partial charge on any atom is 0.387 e. The zero-order valence-corrected chi connectivity index (χ0v) is 13.4. The number of hydrogen-bond acceptors (Lipinski definition) is 5. The van der Waals surface area contributed by atoms with Gasteiger partial charge in [-0.05, 0) is 25.5 Å². The van der Waals surface area contributed by atoms with Crippen LogP contribution in [-0.4, -0.2) is 39.3 Å². The lowest BCUT2D eigenvalue weighted by Crippen LogP contribution is -2.52. The number of carbonyl (C=O) groups is 1. The van der Waals surface area contributed by atoms with Crippen LogP contribution in [0.2, 0.25) is 0 Å². The highest BCUT2D eigenvalue weighted by Gasteiger charge is 2.53. The van der Waals surface area contributed by atoms with Crippen molar-refractivity contribution in [3.05, 3.63) is 45.6 Å². The first-order valence-corrected chi connectivity index (χ1v) is 7.34. The molecule has 0 aliphatic heterocycles. The van der Waals surface area contributed by atoms with Crippen molar-refractivity contribution in [1.29, 1.82) is 0 Å². The van der Waals surface area contributed by atoms with Gasteiger partial charge in [0.1, 0.15) is 6.61 Å². The number of carbonyl (C=O) groups excluding carboxylic acids is 1. The summed E-state index contributed by atoms with van der Waals surface area (Å²) in [6.07, 6.45) is -0.220. The van der Waals surface area contributed by atoms with Crippen LogP contribution in [0, 0.1) is 17.0 Å². The molecule has 2 aromatic rings. The zero-order valence-electron chi connectivity index (χ0n) is 13.4. The number of aromatic nitrogens is 1. The summed E-state index contributed by atoms with van der Waals surface area (Å²) in [5.41, 5.74) is 0.210. The summed E-state index contributed by atoms with van der Waals surface area (Å²) >= 11 is 0. The van der Waals surface area contributed by atoms with E-state index in [-0.39, 0.29) is 13.0 Å². The van der Waals surface area contributed by atoms with Crippen LogP contribution in [0.3, 0.4) is 0 Å². The third kappa shape index (κ3) is 2.68. The standard InChI is InChI=1S/C16H20N2O5/c1-4-23-15(20)16(10-19,18(21)22)9-13-11(2)17(3)14-8-6-5-7-12(13)14/h5-8,19H,4,9-10H2,1-3H3. The minimum absolute atomic E-state index is 0.0168. The molecular weight excluding hydrogens is 300 g/mol. The van der Waals surface area contributed by atoms with Crippen LogP contribution >= 0.6 is 0 Å². The second kappa shape index (κ2) is 6.37. The third-order valence-corrected chi connectivity index (χ3v) is 4.27. The monoisotopic (exact) mass is 320 g/mol. The minimum Gasteiger partial charge on any atom is -0.461 e. The summed E-state index contributed by atoms with van der Waals surface area (Å²) in [5, 5.41) is 22.0. The van der Waals surface area contributed by atoms with Crippen LogP contribution in [0.15, 0.2) is 24.3 Å². The van der Waals surface area contributed by atoms with Gasteiger partial charge in [0.15, 0.2) is 0 Å². The van der Waals surface area contributed by atoms with Crippen molar-refractivity contribution in [3.8, 4) is 0 Å². The molecule has 0 saturated carbocycles. The third-order valence-electron chi connectivity index (χ3n) is 4.27. The van der Waals surface area contributed by atoms with E-state index in [9.17, 15) is 20.0 Å². The molecule has 1 heterocycles. The number of hydrogen-bond donors (Lipinski definition) is 1. The van der Waals surface area contributed by atoms with E-state index in [0.29, 0.717) is 5.56 Å². The van der Waals surface area contributed by atoms with Crippen molar-refractivity contribution >= 4 is 16.9 Å². The first-order chi connectivity index (χ1) is 10.9. The van der Waals surface area contributed by atoms with E-state index in [4.69, 9.17) is 4.74 Å². The summed E-state index contributed by atoms with van der Waals surface area (Å²) in [5.74, 6) is -1.01. The van der Waals surface area contributed by atoms with Gasteiger partial charge < -0.3 is 14.4 Å². The average Bonchev–Trinajstić information content (AvgIpc) is 2.77. The number of rotatable bonds is 6. The van der Waals surface area contributed by atoms with E-state index in [2.05, 4.69) is 0 Å². The van der Waals surface area contributed by atoms with E-state index < -0.39 is 23.0 Å². The lowest BCUT2D eigenvalue weighted by Gasteiger charge is -2.21. The average molecular weight is 320 g/mol. The van der Waals surface area contributed by atoms with Gasteiger partial charge in [-0.3, -0.25) is 10.1 Å². The molecule has 7 nitrogen and oxygen atoms in total. The lowest BCUT2D eigenvalue weighted by atomic mass is 9.90. The fourth-order valence-electron chi connectivity index (χ4n) is 2.77. The highest BCUT2D eigenvalue weighted by atomic mass is 16.6. The molecule has 0 aliphatic rings. The maximum atomic E-state index is 12.2. The number of fused-ring (bicyclic) bond motifs is 1. The topological polar surface area (TPSA) is 94.6 Å². The Morgan fingerprint density at radius 3 is 2.65 bits per heavy atom.